The van der Waals surface area contributed by atoms with E-state index in [-0.39, 0.29) is 0 Å². The number of aromatic carboxylic acids is 1. The molecule has 1 N–H and O–H groups in total. The number of carboxylic acid groups (broad SMARTS) is 1. The van der Waals surface area contributed by atoms with Crippen LogP contribution in [0.1, 0.15) is 15.4 Å². The summed E-state index contributed by atoms with van der Waals surface area (Å²) in [6.07, 6.45) is 0. The molecule has 6 nitrogen and oxygen atoms in total. The molecule has 1 aliphatic heterocycles. The molecular weight excluding hydrogens is 276 g/mol. The summed E-state index contributed by atoms with van der Waals surface area (Å²) in [5.74, 6) is -0.879. The maximum atomic E-state index is 11.1. The van der Waals surface area contributed by atoms with E-state index >= 15 is 0 Å². The van der Waals surface area contributed by atoms with Crippen molar-refractivity contribution in [3.8, 4) is 0 Å². The van der Waals surface area contributed by atoms with Gasteiger partial charge in [-0.15, -0.1) is 0 Å². The molecule has 112 valence electrons. The highest BCUT2D eigenvalue weighted by atomic mass is 32.1. The van der Waals surface area contributed by atoms with Gasteiger partial charge in [-0.3, -0.25) is 4.90 Å². The predicted octanol–water partition coefficient (Wildman–Crippen LogP) is 0.833. The van der Waals surface area contributed by atoms with Gasteiger partial charge in [0, 0.05) is 39.3 Å². The number of likely N-dealkylation sites (N-methyl/N-ethyl adjacent to an activating group) is 1. The largest absolute Gasteiger partial charge is 0.477 e. The van der Waals surface area contributed by atoms with Gasteiger partial charge in [-0.25, -0.2) is 9.78 Å². The molecule has 20 heavy (non-hydrogen) atoms. The van der Waals surface area contributed by atoms with Crippen molar-refractivity contribution >= 4 is 22.4 Å². The number of nitrogens with zero attached hydrogens (tertiary/aromatic N) is 4. The lowest BCUT2D eigenvalue weighted by Crippen LogP contribution is -2.48. The first-order valence-electron chi connectivity index (χ1n) is 6.80. The Morgan fingerprint density at radius 2 is 2.00 bits per heavy atom. The van der Waals surface area contributed by atoms with Gasteiger partial charge in [-0.2, -0.15) is 0 Å². The molecule has 0 unspecified atom stereocenters. The number of carboxylic acids is 1. The van der Waals surface area contributed by atoms with Crippen molar-refractivity contribution in [2.24, 2.45) is 0 Å². The average Bonchev–Trinajstić information content (AvgIpc) is 2.79. The van der Waals surface area contributed by atoms with E-state index in [0.717, 1.165) is 44.4 Å². The van der Waals surface area contributed by atoms with Gasteiger partial charge in [-0.1, -0.05) is 11.3 Å². The first-order valence-corrected chi connectivity index (χ1v) is 7.62. The lowest BCUT2D eigenvalue weighted by atomic mass is 10.3. The quantitative estimate of drug-likeness (QED) is 0.869. The second kappa shape index (κ2) is 6.51. The molecule has 1 aromatic rings. The van der Waals surface area contributed by atoms with Crippen molar-refractivity contribution in [1.82, 2.24) is 14.8 Å². The molecule has 0 aliphatic carbocycles. The molecule has 1 saturated heterocycles. The van der Waals surface area contributed by atoms with Crippen LogP contribution >= 0.6 is 11.3 Å². The van der Waals surface area contributed by atoms with Gasteiger partial charge in [0.15, 0.2) is 5.13 Å². The second-order valence-electron chi connectivity index (χ2n) is 5.35. The number of carbonyl (C=O) groups is 1. The zero-order valence-electron chi connectivity index (χ0n) is 12.3. The van der Waals surface area contributed by atoms with Gasteiger partial charge in [0.25, 0.3) is 0 Å². The number of piperazine rings is 1. The van der Waals surface area contributed by atoms with E-state index in [1.807, 2.05) is 0 Å². The Labute approximate surface area is 123 Å². The van der Waals surface area contributed by atoms with Crippen LogP contribution in [0.15, 0.2) is 0 Å². The van der Waals surface area contributed by atoms with Crippen LogP contribution in [0.3, 0.4) is 0 Å². The van der Waals surface area contributed by atoms with E-state index in [1.54, 1.807) is 6.92 Å². The zero-order valence-corrected chi connectivity index (χ0v) is 13.1. The molecule has 0 saturated carbocycles. The Morgan fingerprint density at radius 3 is 2.50 bits per heavy atom. The summed E-state index contributed by atoms with van der Waals surface area (Å²) in [7, 11) is 4.17. The summed E-state index contributed by atoms with van der Waals surface area (Å²) in [6.45, 7) is 7.76. The summed E-state index contributed by atoms with van der Waals surface area (Å²) in [4.78, 5) is 22.6. The summed E-state index contributed by atoms with van der Waals surface area (Å²) in [6, 6.07) is 0. The second-order valence-corrected chi connectivity index (χ2v) is 6.33. The van der Waals surface area contributed by atoms with Gasteiger partial charge in [0.2, 0.25) is 0 Å². The maximum absolute atomic E-state index is 11.1. The van der Waals surface area contributed by atoms with E-state index in [4.69, 9.17) is 5.11 Å². The Hall–Kier alpha value is -1.18. The highest BCUT2D eigenvalue weighted by molar-refractivity contribution is 7.17. The Morgan fingerprint density at radius 1 is 1.35 bits per heavy atom. The third-order valence-electron chi connectivity index (χ3n) is 3.49. The SMILES string of the molecule is Cc1nc(N2CCN(CCN(C)C)CC2)sc1C(=O)O. The summed E-state index contributed by atoms with van der Waals surface area (Å²) < 4.78 is 0. The molecule has 0 radical (unpaired) electrons. The number of hydrogen-bond donors (Lipinski definition) is 1. The maximum Gasteiger partial charge on any atom is 0.347 e. The van der Waals surface area contributed by atoms with Crippen molar-refractivity contribution in [2.45, 2.75) is 6.92 Å². The van der Waals surface area contributed by atoms with E-state index in [0.29, 0.717) is 10.6 Å². The van der Waals surface area contributed by atoms with Crippen molar-refractivity contribution in [3.05, 3.63) is 10.6 Å². The number of rotatable bonds is 5. The van der Waals surface area contributed by atoms with Gasteiger partial charge in [0.1, 0.15) is 4.88 Å². The lowest BCUT2D eigenvalue weighted by molar-refractivity contribution is 0.0701. The normalized spacial score (nSPS) is 16.9. The van der Waals surface area contributed by atoms with Crippen LogP contribution in [0.2, 0.25) is 0 Å². The fourth-order valence-corrected chi connectivity index (χ4v) is 3.18. The molecule has 2 heterocycles. The third-order valence-corrected chi connectivity index (χ3v) is 4.69. The lowest BCUT2D eigenvalue weighted by Gasteiger charge is -2.35. The molecule has 0 bridgehead atoms. The first kappa shape index (κ1) is 15.2. The monoisotopic (exact) mass is 298 g/mol. The number of aromatic nitrogens is 1. The highest BCUT2D eigenvalue weighted by Gasteiger charge is 2.22. The fraction of sp³-hybridized carbons (Fsp3) is 0.692. The minimum absolute atomic E-state index is 0.357. The van der Waals surface area contributed by atoms with Crippen LogP contribution < -0.4 is 4.90 Å². The van der Waals surface area contributed by atoms with Crippen LogP contribution in [0.5, 0.6) is 0 Å². The Bertz CT molecular complexity index is 467. The molecular formula is C13H22N4O2S. The smallest absolute Gasteiger partial charge is 0.347 e. The van der Waals surface area contributed by atoms with Crippen LogP contribution in [0.4, 0.5) is 5.13 Å². The van der Waals surface area contributed by atoms with Crippen molar-refractivity contribution in [1.29, 1.82) is 0 Å². The van der Waals surface area contributed by atoms with E-state index < -0.39 is 5.97 Å². The number of hydrogen-bond acceptors (Lipinski definition) is 6. The van der Waals surface area contributed by atoms with E-state index in [2.05, 4.69) is 33.8 Å². The Balaban J connectivity index is 1.90. The first-order chi connectivity index (χ1) is 9.47. The number of thiazole rings is 1. The topological polar surface area (TPSA) is 59.9 Å². The fourth-order valence-electron chi connectivity index (χ4n) is 2.22. The van der Waals surface area contributed by atoms with Crippen LogP contribution in [0.25, 0.3) is 0 Å². The van der Waals surface area contributed by atoms with E-state index in [1.165, 1.54) is 11.3 Å². The molecule has 0 aromatic carbocycles. The summed E-state index contributed by atoms with van der Waals surface area (Å²) in [5, 5.41) is 9.92. The molecule has 2 rings (SSSR count). The summed E-state index contributed by atoms with van der Waals surface area (Å²) in [5.41, 5.74) is 0.618. The number of aryl methyl sites for hydroxylation is 1. The van der Waals surface area contributed by atoms with Crippen LogP contribution in [0, 0.1) is 6.92 Å². The minimum Gasteiger partial charge on any atom is -0.477 e. The Kier molecular flexibility index (Phi) is 4.95. The van der Waals surface area contributed by atoms with Gasteiger partial charge in [0.05, 0.1) is 5.69 Å². The highest BCUT2D eigenvalue weighted by Crippen LogP contribution is 2.26. The van der Waals surface area contributed by atoms with E-state index in [9.17, 15) is 4.79 Å². The van der Waals surface area contributed by atoms with Crippen molar-refractivity contribution < 1.29 is 9.90 Å². The molecule has 1 aromatic heterocycles. The third kappa shape index (κ3) is 3.68. The van der Waals surface area contributed by atoms with Crippen molar-refractivity contribution in [3.63, 3.8) is 0 Å². The molecule has 1 aliphatic rings. The molecule has 1 fully saturated rings. The van der Waals surface area contributed by atoms with Crippen LogP contribution in [-0.2, 0) is 0 Å². The van der Waals surface area contributed by atoms with Gasteiger partial charge in [-0.05, 0) is 21.0 Å². The molecule has 7 heteroatoms. The summed E-state index contributed by atoms with van der Waals surface area (Å²) >= 11 is 1.28. The van der Waals surface area contributed by atoms with Crippen LogP contribution in [-0.4, -0.2) is 79.2 Å². The predicted molar refractivity (Wildman–Crippen MR) is 81.0 cm³/mol. The molecule has 0 atom stereocenters. The standard InChI is InChI=1S/C13H22N4O2S/c1-10-11(12(18)19)20-13(14-10)17-8-6-16(7-9-17)5-4-15(2)3/h4-9H2,1-3H3,(H,18,19). The number of anilines is 1. The zero-order chi connectivity index (χ0) is 14.7. The minimum atomic E-state index is -0.879. The van der Waals surface area contributed by atoms with Gasteiger partial charge >= 0.3 is 5.97 Å². The van der Waals surface area contributed by atoms with Crippen molar-refractivity contribution in [2.75, 3.05) is 58.3 Å². The van der Waals surface area contributed by atoms with Gasteiger partial charge < -0.3 is 14.9 Å². The average molecular weight is 298 g/mol. The molecule has 0 amide bonds. The molecule has 0 spiro atoms.